The average Bonchev–Trinajstić information content (AvgIpc) is 2.67. The van der Waals surface area contributed by atoms with Crippen LogP contribution in [-0.4, -0.2) is 48.6 Å². The van der Waals surface area contributed by atoms with E-state index in [-0.39, 0.29) is 17.9 Å². The molecular formula is C13H24N2O3. The zero-order chi connectivity index (χ0) is 13.9. The molecule has 104 valence electrons. The minimum Gasteiger partial charge on any atom is -0.481 e. The van der Waals surface area contributed by atoms with Gasteiger partial charge >= 0.3 is 5.97 Å². The highest BCUT2D eigenvalue weighted by Crippen LogP contribution is 2.36. The maximum absolute atomic E-state index is 12.0. The zero-order valence-electron chi connectivity index (χ0n) is 11.6. The molecule has 2 unspecified atom stereocenters. The predicted octanol–water partition coefficient (Wildman–Crippen LogP) is 0.800. The van der Waals surface area contributed by atoms with Gasteiger partial charge in [0.25, 0.3) is 0 Å². The molecule has 1 aliphatic carbocycles. The average molecular weight is 256 g/mol. The van der Waals surface area contributed by atoms with Gasteiger partial charge < -0.3 is 15.3 Å². The van der Waals surface area contributed by atoms with E-state index in [1.54, 1.807) is 0 Å². The number of amides is 1. The van der Waals surface area contributed by atoms with Crippen LogP contribution in [0.25, 0.3) is 0 Å². The molecule has 18 heavy (non-hydrogen) atoms. The van der Waals surface area contributed by atoms with E-state index < -0.39 is 11.9 Å². The fourth-order valence-electron chi connectivity index (χ4n) is 2.42. The smallest absolute Gasteiger partial charge is 0.307 e. The largest absolute Gasteiger partial charge is 0.481 e. The summed E-state index contributed by atoms with van der Waals surface area (Å²) < 4.78 is 0. The predicted molar refractivity (Wildman–Crippen MR) is 69.2 cm³/mol. The lowest BCUT2D eigenvalue weighted by atomic mass is 9.95. The Kier molecular flexibility index (Phi) is 5.14. The summed E-state index contributed by atoms with van der Waals surface area (Å²) in [4.78, 5) is 25.2. The summed E-state index contributed by atoms with van der Waals surface area (Å²) in [5.74, 6) is -1.53. The quantitative estimate of drug-likeness (QED) is 0.763. The van der Waals surface area contributed by atoms with Crippen LogP contribution in [0.4, 0.5) is 0 Å². The Bertz CT molecular complexity index is 317. The minimum absolute atomic E-state index is 0.111. The number of likely N-dealkylation sites (N-methyl/N-ethyl adjacent to an activating group) is 1. The van der Waals surface area contributed by atoms with E-state index in [0.717, 1.165) is 0 Å². The summed E-state index contributed by atoms with van der Waals surface area (Å²) in [7, 11) is 3.91. The Morgan fingerprint density at radius 3 is 2.39 bits per heavy atom. The molecule has 0 aromatic rings. The summed E-state index contributed by atoms with van der Waals surface area (Å²) in [6, 6.07) is 0.246. The van der Waals surface area contributed by atoms with Crippen LogP contribution in [0.3, 0.4) is 0 Å². The van der Waals surface area contributed by atoms with Crippen molar-refractivity contribution in [1.29, 1.82) is 0 Å². The van der Waals surface area contributed by atoms with Crippen molar-refractivity contribution in [2.75, 3.05) is 20.6 Å². The van der Waals surface area contributed by atoms with Crippen molar-refractivity contribution < 1.29 is 14.7 Å². The van der Waals surface area contributed by atoms with Crippen molar-refractivity contribution in [3.63, 3.8) is 0 Å². The first-order valence-electron chi connectivity index (χ1n) is 6.49. The van der Waals surface area contributed by atoms with Crippen LogP contribution in [-0.2, 0) is 9.59 Å². The van der Waals surface area contributed by atoms with Gasteiger partial charge in [-0.25, -0.2) is 0 Å². The Balaban J connectivity index is 2.52. The van der Waals surface area contributed by atoms with Crippen LogP contribution in [0.2, 0.25) is 0 Å². The van der Waals surface area contributed by atoms with E-state index in [2.05, 4.69) is 5.32 Å². The molecule has 0 heterocycles. The molecule has 0 saturated heterocycles. The van der Waals surface area contributed by atoms with Crippen molar-refractivity contribution >= 4 is 11.9 Å². The monoisotopic (exact) mass is 256 g/mol. The Morgan fingerprint density at radius 2 is 1.89 bits per heavy atom. The maximum atomic E-state index is 12.0. The molecule has 0 spiro atoms. The number of carbonyl (C=O) groups is 2. The molecule has 0 radical (unpaired) electrons. The molecule has 1 rings (SSSR count). The standard InChI is InChI=1S/C13H24N2O3/c1-8-5-10(11(6-8)13(17)18)12(16)14-7-9(2)15(3)4/h8-11H,5-7H2,1-4H3,(H,14,16)(H,17,18)/t8?,9?,10-,11+/m0/s1. The number of hydrogen-bond donors (Lipinski definition) is 2. The number of carboxylic acids is 1. The van der Waals surface area contributed by atoms with Gasteiger partial charge in [-0.1, -0.05) is 6.92 Å². The maximum Gasteiger partial charge on any atom is 0.307 e. The first-order valence-corrected chi connectivity index (χ1v) is 6.49. The van der Waals surface area contributed by atoms with Gasteiger partial charge in [-0.05, 0) is 39.8 Å². The fraction of sp³-hybridized carbons (Fsp3) is 0.846. The van der Waals surface area contributed by atoms with Crippen molar-refractivity contribution in [3.05, 3.63) is 0 Å². The molecule has 1 amide bonds. The van der Waals surface area contributed by atoms with Gasteiger partial charge in [-0.2, -0.15) is 0 Å². The van der Waals surface area contributed by atoms with Gasteiger partial charge in [0.2, 0.25) is 5.91 Å². The van der Waals surface area contributed by atoms with Crippen LogP contribution in [0.5, 0.6) is 0 Å². The molecular weight excluding hydrogens is 232 g/mol. The van der Waals surface area contributed by atoms with Crippen molar-refractivity contribution in [2.24, 2.45) is 17.8 Å². The normalized spacial score (nSPS) is 29.3. The second-order valence-electron chi connectivity index (χ2n) is 5.69. The Morgan fingerprint density at radius 1 is 1.33 bits per heavy atom. The van der Waals surface area contributed by atoms with Gasteiger partial charge in [-0.3, -0.25) is 9.59 Å². The molecule has 5 heteroatoms. The van der Waals surface area contributed by atoms with Gasteiger partial charge in [-0.15, -0.1) is 0 Å². The van der Waals surface area contributed by atoms with E-state index in [4.69, 9.17) is 5.11 Å². The van der Waals surface area contributed by atoms with Crippen LogP contribution in [0.15, 0.2) is 0 Å². The van der Waals surface area contributed by atoms with Crippen molar-refractivity contribution in [2.45, 2.75) is 32.7 Å². The number of hydrogen-bond acceptors (Lipinski definition) is 3. The van der Waals surface area contributed by atoms with Crippen LogP contribution >= 0.6 is 0 Å². The van der Waals surface area contributed by atoms with E-state index >= 15 is 0 Å². The fourth-order valence-corrected chi connectivity index (χ4v) is 2.42. The molecule has 4 atom stereocenters. The number of aliphatic carboxylic acids is 1. The second-order valence-corrected chi connectivity index (χ2v) is 5.69. The highest BCUT2D eigenvalue weighted by atomic mass is 16.4. The van der Waals surface area contributed by atoms with Gasteiger partial charge in [0, 0.05) is 12.6 Å². The summed E-state index contributed by atoms with van der Waals surface area (Å²) >= 11 is 0. The molecule has 5 nitrogen and oxygen atoms in total. The third kappa shape index (κ3) is 3.70. The Labute approximate surface area is 109 Å². The highest BCUT2D eigenvalue weighted by molar-refractivity contribution is 5.85. The summed E-state index contributed by atoms with van der Waals surface area (Å²) in [5.41, 5.74) is 0. The number of carbonyl (C=O) groups excluding carboxylic acids is 1. The van der Waals surface area contributed by atoms with E-state index in [0.29, 0.717) is 25.3 Å². The van der Waals surface area contributed by atoms with E-state index in [1.165, 1.54) is 0 Å². The first kappa shape index (κ1) is 15.0. The SMILES string of the molecule is CC1C[C@H](C(=O)NCC(C)N(C)C)[C@H](C(=O)O)C1. The second kappa shape index (κ2) is 6.18. The Hall–Kier alpha value is -1.10. The lowest BCUT2D eigenvalue weighted by molar-refractivity contribution is -0.146. The molecule has 2 N–H and O–H groups in total. The first-order chi connectivity index (χ1) is 8.32. The number of nitrogens with zero attached hydrogens (tertiary/aromatic N) is 1. The molecule has 1 saturated carbocycles. The van der Waals surface area contributed by atoms with Crippen LogP contribution in [0.1, 0.15) is 26.7 Å². The minimum atomic E-state index is -0.847. The lowest BCUT2D eigenvalue weighted by Crippen LogP contribution is -2.42. The molecule has 1 fully saturated rings. The van der Waals surface area contributed by atoms with Crippen molar-refractivity contribution in [3.8, 4) is 0 Å². The third-order valence-electron chi connectivity index (χ3n) is 3.91. The molecule has 0 aromatic heterocycles. The number of nitrogens with one attached hydrogen (secondary N) is 1. The summed E-state index contributed by atoms with van der Waals surface area (Å²) in [5, 5.41) is 12.0. The van der Waals surface area contributed by atoms with Crippen LogP contribution < -0.4 is 5.32 Å². The number of rotatable bonds is 5. The molecule has 0 bridgehead atoms. The third-order valence-corrected chi connectivity index (χ3v) is 3.91. The molecule has 0 aromatic carbocycles. The van der Waals surface area contributed by atoms with Gasteiger partial charge in [0.05, 0.1) is 11.8 Å². The summed E-state index contributed by atoms with van der Waals surface area (Å²) in [6.45, 7) is 4.58. The van der Waals surface area contributed by atoms with E-state index in [1.807, 2.05) is 32.8 Å². The summed E-state index contributed by atoms with van der Waals surface area (Å²) in [6.07, 6.45) is 1.29. The highest BCUT2D eigenvalue weighted by Gasteiger charge is 2.41. The van der Waals surface area contributed by atoms with Gasteiger partial charge in [0.15, 0.2) is 0 Å². The zero-order valence-corrected chi connectivity index (χ0v) is 11.6. The van der Waals surface area contributed by atoms with Crippen LogP contribution in [0, 0.1) is 17.8 Å². The van der Waals surface area contributed by atoms with E-state index in [9.17, 15) is 9.59 Å². The topological polar surface area (TPSA) is 69.6 Å². The number of carboxylic acid groups (broad SMARTS) is 1. The molecule has 1 aliphatic rings. The molecule has 0 aliphatic heterocycles. The lowest BCUT2D eigenvalue weighted by Gasteiger charge is -2.22. The van der Waals surface area contributed by atoms with Crippen molar-refractivity contribution in [1.82, 2.24) is 10.2 Å². The van der Waals surface area contributed by atoms with Gasteiger partial charge in [0.1, 0.15) is 0 Å².